The van der Waals surface area contributed by atoms with E-state index in [1.165, 1.54) is 22.3 Å². The molecular formula is C30H25NO2. The van der Waals surface area contributed by atoms with Crippen molar-refractivity contribution in [2.75, 3.05) is 0 Å². The van der Waals surface area contributed by atoms with Crippen LogP contribution in [0, 0.1) is 0 Å². The number of nitrogens with zero attached hydrogens (tertiary/aromatic N) is 1. The Morgan fingerprint density at radius 2 is 1.27 bits per heavy atom. The first-order chi connectivity index (χ1) is 16.2. The molecule has 33 heavy (non-hydrogen) atoms. The number of aromatic nitrogens is 1. The van der Waals surface area contributed by atoms with Crippen molar-refractivity contribution >= 4 is 16.9 Å². The molecule has 0 aliphatic heterocycles. The van der Waals surface area contributed by atoms with E-state index >= 15 is 0 Å². The van der Waals surface area contributed by atoms with E-state index in [9.17, 15) is 9.90 Å². The lowest BCUT2D eigenvalue weighted by atomic mass is 9.99. The van der Waals surface area contributed by atoms with Crippen molar-refractivity contribution in [2.45, 2.75) is 19.4 Å². The van der Waals surface area contributed by atoms with Crippen molar-refractivity contribution in [1.82, 2.24) is 4.57 Å². The molecule has 0 aliphatic carbocycles. The van der Waals surface area contributed by atoms with E-state index in [0.29, 0.717) is 13.0 Å². The summed E-state index contributed by atoms with van der Waals surface area (Å²) in [6.07, 6.45) is 0.693. The van der Waals surface area contributed by atoms with Crippen LogP contribution in [0.2, 0.25) is 0 Å². The van der Waals surface area contributed by atoms with Gasteiger partial charge in [-0.1, -0.05) is 103 Å². The van der Waals surface area contributed by atoms with Gasteiger partial charge in [0, 0.05) is 29.6 Å². The van der Waals surface area contributed by atoms with Crippen molar-refractivity contribution in [3.05, 3.63) is 132 Å². The van der Waals surface area contributed by atoms with E-state index in [1.54, 1.807) is 0 Å². The van der Waals surface area contributed by atoms with E-state index in [0.717, 1.165) is 22.2 Å². The van der Waals surface area contributed by atoms with Crippen LogP contribution in [-0.2, 0) is 24.2 Å². The molecule has 0 atom stereocenters. The Balaban J connectivity index is 1.58. The van der Waals surface area contributed by atoms with Crippen LogP contribution in [0.1, 0.15) is 22.4 Å². The molecular weight excluding hydrogens is 406 g/mol. The van der Waals surface area contributed by atoms with Gasteiger partial charge in [-0.25, -0.2) is 0 Å². The fraction of sp³-hybridized carbons (Fsp3) is 0.100. The molecule has 1 heterocycles. The van der Waals surface area contributed by atoms with E-state index in [4.69, 9.17) is 0 Å². The number of carbonyl (C=O) groups is 1. The third-order valence-corrected chi connectivity index (χ3v) is 6.14. The van der Waals surface area contributed by atoms with Gasteiger partial charge in [-0.05, 0) is 33.9 Å². The van der Waals surface area contributed by atoms with Gasteiger partial charge in [0.1, 0.15) is 0 Å². The minimum absolute atomic E-state index is 0.0136. The first-order valence-electron chi connectivity index (χ1n) is 11.2. The Kier molecular flexibility index (Phi) is 5.77. The minimum Gasteiger partial charge on any atom is -0.481 e. The van der Waals surface area contributed by atoms with E-state index in [-0.39, 0.29) is 6.42 Å². The Morgan fingerprint density at radius 1 is 0.667 bits per heavy atom. The van der Waals surface area contributed by atoms with Crippen LogP contribution in [0.25, 0.3) is 22.0 Å². The predicted octanol–water partition coefficient (Wildman–Crippen LogP) is 6.57. The number of fused-ring (bicyclic) bond motifs is 1. The number of hydrogen-bond acceptors (Lipinski definition) is 1. The van der Waals surface area contributed by atoms with Gasteiger partial charge in [0.25, 0.3) is 0 Å². The second-order valence-electron chi connectivity index (χ2n) is 8.32. The smallest absolute Gasteiger partial charge is 0.307 e. The lowest BCUT2D eigenvalue weighted by molar-refractivity contribution is -0.136. The van der Waals surface area contributed by atoms with Crippen molar-refractivity contribution in [3.8, 4) is 11.1 Å². The van der Waals surface area contributed by atoms with Crippen LogP contribution in [0.3, 0.4) is 0 Å². The average molecular weight is 432 g/mol. The summed E-state index contributed by atoms with van der Waals surface area (Å²) in [7, 11) is 0. The lowest BCUT2D eigenvalue weighted by Crippen LogP contribution is -2.09. The molecule has 162 valence electrons. The third-order valence-electron chi connectivity index (χ3n) is 6.14. The fourth-order valence-electron chi connectivity index (χ4n) is 4.56. The Morgan fingerprint density at radius 3 is 1.97 bits per heavy atom. The van der Waals surface area contributed by atoms with Gasteiger partial charge < -0.3 is 9.67 Å². The highest BCUT2D eigenvalue weighted by molar-refractivity contribution is 5.89. The monoisotopic (exact) mass is 431 g/mol. The zero-order valence-corrected chi connectivity index (χ0v) is 18.3. The third kappa shape index (κ3) is 4.44. The molecule has 0 radical (unpaired) electrons. The Labute approximate surface area is 193 Å². The van der Waals surface area contributed by atoms with Crippen LogP contribution < -0.4 is 0 Å². The summed E-state index contributed by atoms with van der Waals surface area (Å²) in [6.45, 7) is 0.707. The topological polar surface area (TPSA) is 42.2 Å². The van der Waals surface area contributed by atoms with E-state index in [2.05, 4.69) is 59.2 Å². The van der Waals surface area contributed by atoms with Crippen molar-refractivity contribution in [3.63, 3.8) is 0 Å². The maximum absolute atomic E-state index is 11.8. The van der Waals surface area contributed by atoms with Gasteiger partial charge in [-0.15, -0.1) is 0 Å². The largest absolute Gasteiger partial charge is 0.481 e. The minimum atomic E-state index is -0.807. The number of hydrogen-bond donors (Lipinski definition) is 1. The number of carboxylic acids is 1. The number of para-hydroxylation sites is 1. The number of carboxylic acid groups (broad SMARTS) is 1. The molecule has 3 nitrogen and oxygen atoms in total. The van der Waals surface area contributed by atoms with Gasteiger partial charge >= 0.3 is 5.97 Å². The molecule has 0 aliphatic rings. The zero-order valence-electron chi connectivity index (χ0n) is 18.3. The van der Waals surface area contributed by atoms with Crippen LogP contribution in [0.5, 0.6) is 0 Å². The maximum Gasteiger partial charge on any atom is 0.307 e. The highest BCUT2D eigenvalue weighted by atomic mass is 16.4. The molecule has 0 fully saturated rings. The zero-order chi connectivity index (χ0) is 22.6. The molecule has 0 unspecified atom stereocenters. The molecule has 3 heteroatoms. The molecule has 0 spiro atoms. The molecule has 1 N–H and O–H groups in total. The van der Waals surface area contributed by atoms with Gasteiger partial charge in [0.15, 0.2) is 0 Å². The Bertz CT molecular complexity index is 1380. The highest BCUT2D eigenvalue weighted by Gasteiger charge is 2.19. The van der Waals surface area contributed by atoms with Gasteiger partial charge in [0.05, 0.1) is 6.42 Å². The summed E-state index contributed by atoms with van der Waals surface area (Å²) >= 11 is 0. The van der Waals surface area contributed by atoms with Crippen molar-refractivity contribution in [1.29, 1.82) is 0 Å². The number of benzene rings is 4. The Hall–Kier alpha value is -4.11. The summed E-state index contributed by atoms with van der Waals surface area (Å²) in [4.78, 5) is 11.8. The van der Waals surface area contributed by atoms with Crippen molar-refractivity contribution < 1.29 is 9.90 Å². The normalized spacial score (nSPS) is 11.0. The summed E-state index contributed by atoms with van der Waals surface area (Å²) in [6, 6.07) is 37.4. The first-order valence-corrected chi connectivity index (χ1v) is 11.2. The van der Waals surface area contributed by atoms with E-state index in [1.807, 2.05) is 54.6 Å². The second kappa shape index (κ2) is 9.17. The van der Waals surface area contributed by atoms with Crippen molar-refractivity contribution in [2.24, 2.45) is 0 Å². The van der Waals surface area contributed by atoms with Gasteiger partial charge in [0.2, 0.25) is 0 Å². The quantitative estimate of drug-likeness (QED) is 0.316. The SMILES string of the molecule is O=C(O)Cc1c(Cc2ccc(-c3ccccc3)cc2)n(Cc2ccccc2)c2ccccc12. The molecule has 5 rings (SSSR count). The van der Waals surface area contributed by atoms with Crippen LogP contribution >= 0.6 is 0 Å². The molecule has 5 aromatic rings. The second-order valence-corrected chi connectivity index (χ2v) is 8.32. The number of aliphatic carboxylic acids is 1. The van der Waals surface area contributed by atoms with Crippen LogP contribution in [0.15, 0.2) is 109 Å². The lowest BCUT2D eigenvalue weighted by Gasteiger charge is -2.13. The maximum atomic E-state index is 11.8. The molecule has 0 bridgehead atoms. The predicted molar refractivity (Wildman–Crippen MR) is 134 cm³/mol. The molecule has 0 amide bonds. The summed E-state index contributed by atoms with van der Waals surface area (Å²) in [5.41, 5.74) is 7.77. The van der Waals surface area contributed by atoms with E-state index < -0.39 is 5.97 Å². The summed E-state index contributed by atoms with van der Waals surface area (Å²) < 4.78 is 2.29. The van der Waals surface area contributed by atoms with Gasteiger partial charge in [-0.2, -0.15) is 0 Å². The molecule has 0 saturated heterocycles. The van der Waals surface area contributed by atoms with Crippen LogP contribution in [0.4, 0.5) is 0 Å². The molecule has 0 saturated carbocycles. The van der Waals surface area contributed by atoms with Crippen LogP contribution in [-0.4, -0.2) is 15.6 Å². The highest BCUT2D eigenvalue weighted by Crippen LogP contribution is 2.30. The average Bonchev–Trinajstić information content (AvgIpc) is 3.12. The fourth-order valence-corrected chi connectivity index (χ4v) is 4.56. The first kappa shape index (κ1) is 20.8. The summed E-state index contributed by atoms with van der Waals surface area (Å²) in [5.74, 6) is -0.807. The molecule has 1 aromatic heterocycles. The number of rotatable bonds is 7. The standard InChI is InChI=1S/C30H25NO2/c32-30(33)20-27-26-13-7-8-14-28(26)31(21-23-9-3-1-4-10-23)29(27)19-22-15-17-25(18-16-22)24-11-5-2-6-12-24/h1-18H,19-21H2,(H,32,33). The summed E-state index contributed by atoms with van der Waals surface area (Å²) in [5, 5.41) is 10.7. The van der Waals surface area contributed by atoms with Gasteiger partial charge in [-0.3, -0.25) is 4.79 Å². The molecule has 4 aromatic carbocycles.